The van der Waals surface area contributed by atoms with Crippen LogP contribution in [-0.4, -0.2) is 49.7 Å². The van der Waals surface area contributed by atoms with Crippen LogP contribution >= 0.6 is 0 Å². The van der Waals surface area contributed by atoms with Gasteiger partial charge in [0.1, 0.15) is 0 Å². The van der Waals surface area contributed by atoms with Crippen molar-refractivity contribution in [2.45, 2.75) is 17.8 Å². The molecule has 0 radical (unpaired) electrons. The average molecular weight is 381 g/mol. The highest BCUT2D eigenvalue weighted by atomic mass is 32.2. The van der Waals surface area contributed by atoms with Crippen LogP contribution in [0.25, 0.3) is 0 Å². The highest BCUT2D eigenvalue weighted by molar-refractivity contribution is 7.88. The SMILES string of the molecule is O=C(O)N1CC2CCOc3c(OS(=O)(=O)C(F)(F)F)cccc3C2C1. The monoisotopic (exact) mass is 381 g/mol. The highest BCUT2D eigenvalue weighted by Crippen LogP contribution is 2.46. The predicted molar refractivity (Wildman–Crippen MR) is 78.0 cm³/mol. The van der Waals surface area contributed by atoms with Gasteiger partial charge in [-0.05, 0) is 18.4 Å². The molecule has 0 saturated carbocycles. The molecule has 1 fully saturated rings. The Morgan fingerprint density at radius 2 is 2.04 bits per heavy atom. The quantitative estimate of drug-likeness (QED) is 0.625. The van der Waals surface area contributed by atoms with Gasteiger partial charge < -0.3 is 18.9 Å². The van der Waals surface area contributed by atoms with Crippen molar-refractivity contribution in [3.05, 3.63) is 23.8 Å². The number of hydrogen-bond acceptors (Lipinski definition) is 5. The summed E-state index contributed by atoms with van der Waals surface area (Å²) in [6.07, 6.45) is -0.586. The largest absolute Gasteiger partial charge is 0.534 e. The van der Waals surface area contributed by atoms with Crippen LogP contribution in [-0.2, 0) is 10.1 Å². The third-order valence-electron chi connectivity index (χ3n) is 4.34. The summed E-state index contributed by atoms with van der Waals surface area (Å²) in [7, 11) is -5.83. The maximum absolute atomic E-state index is 12.6. The van der Waals surface area contributed by atoms with E-state index in [4.69, 9.17) is 9.84 Å². The Bertz CT molecular complexity index is 794. The van der Waals surface area contributed by atoms with E-state index in [1.54, 1.807) is 6.07 Å². The van der Waals surface area contributed by atoms with Crippen molar-refractivity contribution >= 4 is 16.2 Å². The summed E-state index contributed by atoms with van der Waals surface area (Å²) in [6, 6.07) is 4.01. The lowest BCUT2D eigenvalue weighted by atomic mass is 9.87. The molecule has 0 spiro atoms. The molecule has 0 aromatic heterocycles. The number of nitrogens with zero attached hydrogens (tertiary/aromatic N) is 1. The summed E-state index contributed by atoms with van der Waals surface area (Å²) in [4.78, 5) is 12.4. The average Bonchev–Trinajstić information content (AvgIpc) is 2.84. The number of ether oxygens (including phenoxy) is 1. The van der Waals surface area contributed by atoms with Crippen molar-refractivity contribution in [3.8, 4) is 11.5 Å². The van der Waals surface area contributed by atoms with E-state index in [1.807, 2.05) is 0 Å². The van der Waals surface area contributed by atoms with Crippen LogP contribution < -0.4 is 8.92 Å². The van der Waals surface area contributed by atoms with Gasteiger partial charge in [-0.2, -0.15) is 21.6 Å². The van der Waals surface area contributed by atoms with Crippen LogP contribution in [0.1, 0.15) is 17.9 Å². The van der Waals surface area contributed by atoms with E-state index in [2.05, 4.69) is 4.18 Å². The molecule has 1 aromatic rings. The van der Waals surface area contributed by atoms with Crippen LogP contribution in [0.2, 0.25) is 0 Å². The number of carbonyl (C=O) groups is 1. The zero-order chi connectivity index (χ0) is 18.4. The van der Waals surface area contributed by atoms with Crippen molar-refractivity contribution < 1.29 is 40.4 Å². The number of benzene rings is 1. The molecule has 0 aliphatic carbocycles. The lowest BCUT2D eigenvalue weighted by Gasteiger charge is -2.18. The first-order chi connectivity index (χ1) is 11.6. The molecule has 1 saturated heterocycles. The minimum Gasteiger partial charge on any atom is -0.489 e. The summed E-state index contributed by atoms with van der Waals surface area (Å²) < 4.78 is 69.9. The summed E-state index contributed by atoms with van der Waals surface area (Å²) in [5, 5.41) is 9.14. The number of likely N-dealkylation sites (tertiary alicyclic amines) is 1. The second-order valence-corrected chi connectivity index (χ2v) is 7.39. The fourth-order valence-electron chi connectivity index (χ4n) is 3.19. The molecule has 1 amide bonds. The molecule has 7 nitrogen and oxygen atoms in total. The minimum atomic E-state index is -5.83. The van der Waals surface area contributed by atoms with Gasteiger partial charge in [-0.15, -0.1) is 0 Å². The van der Waals surface area contributed by atoms with Gasteiger partial charge in [-0.3, -0.25) is 0 Å². The summed E-state index contributed by atoms with van der Waals surface area (Å²) in [5.74, 6) is -1.00. The van der Waals surface area contributed by atoms with Gasteiger partial charge >= 0.3 is 21.7 Å². The Hall–Kier alpha value is -2.17. The van der Waals surface area contributed by atoms with Crippen molar-refractivity contribution in [1.82, 2.24) is 4.90 Å². The lowest BCUT2D eigenvalue weighted by Crippen LogP contribution is -2.28. The standard InChI is InChI=1S/C14H14F3NO6S/c15-14(16,17)25(21,22)24-11-3-1-2-9-10-7-18(13(19)20)6-8(10)4-5-23-12(9)11/h1-3,8,10H,4-7H2,(H,19,20). The number of amides is 1. The highest BCUT2D eigenvalue weighted by Gasteiger charge is 2.49. The molecular weight excluding hydrogens is 367 g/mol. The minimum absolute atomic E-state index is 0.0631. The van der Waals surface area contributed by atoms with Crippen LogP contribution in [0.15, 0.2) is 18.2 Å². The molecule has 138 valence electrons. The third-order valence-corrected chi connectivity index (χ3v) is 5.30. The molecule has 2 aliphatic rings. The summed E-state index contributed by atoms with van der Waals surface area (Å²) in [5.41, 5.74) is -5.11. The third kappa shape index (κ3) is 3.20. The molecule has 25 heavy (non-hydrogen) atoms. The van der Waals surface area contributed by atoms with Crippen LogP contribution in [0.4, 0.5) is 18.0 Å². The van der Waals surface area contributed by atoms with Crippen molar-refractivity contribution in [3.63, 3.8) is 0 Å². The second kappa shape index (κ2) is 5.97. The van der Waals surface area contributed by atoms with Crippen LogP contribution in [0, 0.1) is 5.92 Å². The zero-order valence-corrected chi connectivity index (χ0v) is 13.5. The van der Waals surface area contributed by atoms with Crippen molar-refractivity contribution in [2.75, 3.05) is 19.7 Å². The molecular formula is C14H14F3NO6S. The number of halogens is 3. The normalized spacial score (nSPS) is 23.2. The van der Waals surface area contributed by atoms with E-state index >= 15 is 0 Å². The van der Waals surface area contributed by atoms with E-state index in [1.165, 1.54) is 11.0 Å². The zero-order valence-electron chi connectivity index (χ0n) is 12.7. The van der Waals surface area contributed by atoms with E-state index in [0.717, 1.165) is 6.07 Å². The number of para-hydroxylation sites is 1. The molecule has 0 bridgehead atoms. The van der Waals surface area contributed by atoms with Crippen LogP contribution in [0.5, 0.6) is 11.5 Å². The van der Waals surface area contributed by atoms with Gasteiger partial charge in [0.2, 0.25) is 0 Å². The fourth-order valence-corrected chi connectivity index (χ4v) is 3.66. The van der Waals surface area contributed by atoms with E-state index in [0.29, 0.717) is 12.0 Å². The molecule has 1 aromatic carbocycles. The maximum atomic E-state index is 12.6. The maximum Gasteiger partial charge on any atom is 0.534 e. The van der Waals surface area contributed by atoms with Crippen LogP contribution in [0.3, 0.4) is 0 Å². The van der Waals surface area contributed by atoms with Gasteiger partial charge in [0.05, 0.1) is 6.61 Å². The molecule has 11 heteroatoms. The van der Waals surface area contributed by atoms with Gasteiger partial charge in [0, 0.05) is 24.6 Å². The molecule has 1 N–H and O–H groups in total. The van der Waals surface area contributed by atoms with E-state index in [-0.39, 0.29) is 37.3 Å². The smallest absolute Gasteiger partial charge is 0.489 e. The Morgan fingerprint density at radius 1 is 1.32 bits per heavy atom. The number of hydrogen-bond donors (Lipinski definition) is 1. The first-order valence-corrected chi connectivity index (χ1v) is 8.75. The van der Waals surface area contributed by atoms with E-state index in [9.17, 15) is 26.4 Å². The van der Waals surface area contributed by atoms with Gasteiger partial charge in [-0.1, -0.05) is 12.1 Å². The second-order valence-electron chi connectivity index (χ2n) is 5.85. The summed E-state index contributed by atoms with van der Waals surface area (Å²) >= 11 is 0. The Kier molecular flexibility index (Phi) is 4.21. The molecule has 2 unspecified atom stereocenters. The molecule has 2 heterocycles. The first-order valence-electron chi connectivity index (χ1n) is 7.34. The Labute approximate surface area is 141 Å². The number of rotatable bonds is 2. The van der Waals surface area contributed by atoms with Crippen molar-refractivity contribution in [2.24, 2.45) is 5.92 Å². The molecule has 2 aliphatic heterocycles. The Balaban J connectivity index is 1.98. The number of carboxylic acid groups (broad SMARTS) is 1. The summed E-state index contributed by atoms with van der Waals surface area (Å²) in [6.45, 7) is 0.564. The number of fused-ring (bicyclic) bond motifs is 3. The topological polar surface area (TPSA) is 93.1 Å². The number of alkyl halides is 3. The van der Waals surface area contributed by atoms with E-state index < -0.39 is 27.5 Å². The fraction of sp³-hybridized carbons (Fsp3) is 0.500. The molecule has 2 atom stereocenters. The van der Waals surface area contributed by atoms with Gasteiger partial charge in [0.15, 0.2) is 11.5 Å². The Morgan fingerprint density at radius 3 is 2.68 bits per heavy atom. The predicted octanol–water partition coefficient (Wildman–Crippen LogP) is 2.39. The van der Waals surface area contributed by atoms with Crippen molar-refractivity contribution in [1.29, 1.82) is 0 Å². The lowest BCUT2D eigenvalue weighted by molar-refractivity contribution is -0.0500. The molecule has 3 rings (SSSR count). The first kappa shape index (κ1) is 17.6. The van der Waals surface area contributed by atoms with Gasteiger partial charge in [0.25, 0.3) is 0 Å². The van der Waals surface area contributed by atoms with Gasteiger partial charge in [-0.25, -0.2) is 4.79 Å².